The van der Waals surface area contributed by atoms with Gasteiger partial charge in [-0.15, -0.1) is 0 Å². The van der Waals surface area contributed by atoms with Gasteiger partial charge in [0.25, 0.3) is 0 Å². The SMILES string of the molecule is CCOc1ccccc1C(=O)CN1CCCCC1CC. The summed E-state index contributed by atoms with van der Waals surface area (Å²) in [5.74, 6) is 0.888. The molecule has 3 nitrogen and oxygen atoms in total. The average Bonchev–Trinajstić information content (AvgIpc) is 2.48. The maximum Gasteiger partial charge on any atom is 0.180 e. The third-order valence-electron chi connectivity index (χ3n) is 4.05. The number of rotatable bonds is 6. The molecular weight excluding hydrogens is 250 g/mol. The summed E-state index contributed by atoms with van der Waals surface area (Å²) < 4.78 is 5.56. The predicted octanol–water partition coefficient (Wildman–Crippen LogP) is 3.53. The topological polar surface area (TPSA) is 29.5 Å². The summed E-state index contributed by atoms with van der Waals surface area (Å²) in [5.41, 5.74) is 0.717. The Labute approximate surface area is 121 Å². The number of carbonyl (C=O) groups is 1. The number of para-hydroxylation sites is 1. The molecule has 0 radical (unpaired) electrons. The Kier molecular flexibility index (Phi) is 5.60. The number of carbonyl (C=O) groups excluding carboxylic acids is 1. The Bertz CT molecular complexity index is 444. The first-order valence-corrected chi connectivity index (χ1v) is 7.75. The number of benzene rings is 1. The molecular formula is C17H25NO2. The summed E-state index contributed by atoms with van der Waals surface area (Å²) in [6.45, 7) is 6.30. The lowest BCUT2D eigenvalue weighted by molar-refractivity contribution is 0.0835. The van der Waals surface area contributed by atoms with Crippen molar-refractivity contribution in [1.82, 2.24) is 4.90 Å². The highest BCUT2D eigenvalue weighted by molar-refractivity contribution is 6.00. The summed E-state index contributed by atoms with van der Waals surface area (Å²) in [5, 5.41) is 0. The molecule has 1 unspecified atom stereocenters. The molecule has 1 aromatic carbocycles. The maximum absolute atomic E-state index is 12.5. The Balaban J connectivity index is 2.07. The molecule has 0 saturated carbocycles. The normalized spacial score (nSPS) is 19.8. The maximum atomic E-state index is 12.5. The van der Waals surface area contributed by atoms with Crippen molar-refractivity contribution in [3.63, 3.8) is 0 Å². The number of nitrogens with zero attached hydrogens (tertiary/aromatic N) is 1. The Morgan fingerprint density at radius 3 is 2.85 bits per heavy atom. The van der Waals surface area contributed by atoms with Gasteiger partial charge in [-0.3, -0.25) is 9.69 Å². The van der Waals surface area contributed by atoms with E-state index in [-0.39, 0.29) is 5.78 Å². The first-order valence-electron chi connectivity index (χ1n) is 7.75. The Morgan fingerprint density at radius 1 is 1.30 bits per heavy atom. The molecule has 1 aliphatic heterocycles. The largest absolute Gasteiger partial charge is 0.493 e. The number of Topliss-reactive ketones (excluding diaryl/α,β-unsaturated/α-hetero) is 1. The van der Waals surface area contributed by atoms with Crippen molar-refractivity contribution in [3.8, 4) is 5.75 Å². The van der Waals surface area contributed by atoms with Crippen molar-refractivity contribution in [3.05, 3.63) is 29.8 Å². The van der Waals surface area contributed by atoms with Gasteiger partial charge in [0.1, 0.15) is 5.75 Å². The molecule has 110 valence electrons. The molecule has 0 N–H and O–H groups in total. The molecule has 1 saturated heterocycles. The quantitative estimate of drug-likeness (QED) is 0.744. The van der Waals surface area contributed by atoms with Crippen LogP contribution in [-0.2, 0) is 0 Å². The van der Waals surface area contributed by atoms with Crippen molar-refractivity contribution in [2.75, 3.05) is 19.7 Å². The van der Waals surface area contributed by atoms with Gasteiger partial charge >= 0.3 is 0 Å². The minimum atomic E-state index is 0.175. The van der Waals surface area contributed by atoms with Gasteiger partial charge in [-0.05, 0) is 44.9 Å². The molecule has 2 rings (SSSR count). The summed E-state index contributed by atoms with van der Waals surface area (Å²) in [7, 11) is 0. The lowest BCUT2D eigenvalue weighted by atomic mass is 9.99. The molecule has 0 amide bonds. The van der Waals surface area contributed by atoms with E-state index in [1.807, 2.05) is 31.2 Å². The van der Waals surface area contributed by atoms with Crippen molar-refractivity contribution in [1.29, 1.82) is 0 Å². The minimum absolute atomic E-state index is 0.175. The molecule has 1 fully saturated rings. The highest BCUT2D eigenvalue weighted by Crippen LogP contribution is 2.22. The lowest BCUT2D eigenvalue weighted by Crippen LogP contribution is -2.42. The lowest BCUT2D eigenvalue weighted by Gasteiger charge is -2.34. The van der Waals surface area contributed by atoms with E-state index in [9.17, 15) is 4.79 Å². The molecule has 1 aromatic rings. The zero-order valence-corrected chi connectivity index (χ0v) is 12.6. The average molecular weight is 275 g/mol. The van der Waals surface area contributed by atoms with Crippen molar-refractivity contribution < 1.29 is 9.53 Å². The van der Waals surface area contributed by atoms with Gasteiger partial charge < -0.3 is 4.74 Å². The molecule has 3 heteroatoms. The van der Waals surface area contributed by atoms with E-state index in [1.165, 1.54) is 19.3 Å². The van der Waals surface area contributed by atoms with E-state index >= 15 is 0 Å². The van der Waals surface area contributed by atoms with Crippen LogP contribution in [0.2, 0.25) is 0 Å². The summed E-state index contributed by atoms with van der Waals surface area (Å²) in [6.07, 6.45) is 4.84. The third-order valence-corrected chi connectivity index (χ3v) is 4.05. The zero-order chi connectivity index (χ0) is 14.4. The van der Waals surface area contributed by atoms with Crippen LogP contribution in [0.15, 0.2) is 24.3 Å². The van der Waals surface area contributed by atoms with E-state index in [0.29, 0.717) is 24.9 Å². The first kappa shape index (κ1) is 15.0. The highest BCUT2D eigenvalue weighted by Gasteiger charge is 2.24. The number of likely N-dealkylation sites (tertiary alicyclic amines) is 1. The van der Waals surface area contributed by atoms with Gasteiger partial charge in [0.15, 0.2) is 5.78 Å². The number of ether oxygens (including phenoxy) is 1. The van der Waals surface area contributed by atoms with E-state index in [2.05, 4.69) is 11.8 Å². The second-order valence-electron chi connectivity index (χ2n) is 5.38. The highest BCUT2D eigenvalue weighted by atomic mass is 16.5. The van der Waals surface area contributed by atoms with Crippen LogP contribution in [0.25, 0.3) is 0 Å². The van der Waals surface area contributed by atoms with Crippen LogP contribution >= 0.6 is 0 Å². The number of ketones is 1. The van der Waals surface area contributed by atoms with Gasteiger partial charge in [0.05, 0.1) is 18.7 Å². The van der Waals surface area contributed by atoms with Gasteiger partial charge in [-0.2, -0.15) is 0 Å². The minimum Gasteiger partial charge on any atom is -0.493 e. The summed E-state index contributed by atoms with van der Waals surface area (Å²) >= 11 is 0. The summed E-state index contributed by atoms with van der Waals surface area (Å²) in [6, 6.07) is 8.13. The number of hydrogen-bond acceptors (Lipinski definition) is 3. The monoisotopic (exact) mass is 275 g/mol. The Morgan fingerprint density at radius 2 is 2.10 bits per heavy atom. The third kappa shape index (κ3) is 3.60. The van der Waals surface area contributed by atoms with E-state index in [0.717, 1.165) is 18.5 Å². The zero-order valence-electron chi connectivity index (χ0n) is 12.6. The van der Waals surface area contributed by atoms with Crippen molar-refractivity contribution in [2.24, 2.45) is 0 Å². The van der Waals surface area contributed by atoms with Gasteiger partial charge in [-0.25, -0.2) is 0 Å². The standard InChI is InChI=1S/C17H25NO2/c1-3-14-9-7-8-12-18(14)13-16(19)15-10-5-6-11-17(15)20-4-2/h5-6,10-11,14H,3-4,7-9,12-13H2,1-2H3. The fraction of sp³-hybridized carbons (Fsp3) is 0.588. The molecule has 0 aromatic heterocycles. The van der Waals surface area contributed by atoms with Crippen LogP contribution in [0.4, 0.5) is 0 Å². The van der Waals surface area contributed by atoms with Crippen LogP contribution in [-0.4, -0.2) is 36.4 Å². The smallest absolute Gasteiger partial charge is 0.180 e. The fourth-order valence-corrected chi connectivity index (χ4v) is 2.98. The Hall–Kier alpha value is -1.35. The van der Waals surface area contributed by atoms with Gasteiger partial charge in [0, 0.05) is 6.04 Å². The molecule has 1 heterocycles. The predicted molar refractivity (Wildman–Crippen MR) is 81.4 cm³/mol. The molecule has 1 aliphatic rings. The van der Waals surface area contributed by atoms with Gasteiger partial charge in [-0.1, -0.05) is 25.5 Å². The van der Waals surface area contributed by atoms with Crippen LogP contribution < -0.4 is 4.74 Å². The van der Waals surface area contributed by atoms with E-state index in [4.69, 9.17) is 4.74 Å². The van der Waals surface area contributed by atoms with Crippen molar-refractivity contribution >= 4 is 5.78 Å². The molecule has 1 atom stereocenters. The van der Waals surface area contributed by atoms with E-state index in [1.54, 1.807) is 0 Å². The van der Waals surface area contributed by atoms with Gasteiger partial charge in [0.2, 0.25) is 0 Å². The van der Waals surface area contributed by atoms with Crippen LogP contribution in [0.1, 0.15) is 49.9 Å². The second kappa shape index (κ2) is 7.44. The first-order chi connectivity index (χ1) is 9.76. The molecule has 0 bridgehead atoms. The van der Waals surface area contributed by atoms with Crippen LogP contribution in [0, 0.1) is 0 Å². The van der Waals surface area contributed by atoms with Crippen molar-refractivity contribution in [2.45, 2.75) is 45.6 Å². The van der Waals surface area contributed by atoms with Crippen LogP contribution in [0.3, 0.4) is 0 Å². The second-order valence-corrected chi connectivity index (χ2v) is 5.38. The fourth-order valence-electron chi connectivity index (χ4n) is 2.98. The molecule has 20 heavy (non-hydrogen) atoms. The number of hydrogen-bond donors (Lipinski definition) is 0. The van der Waals surface area contributed by atoms with E-state index < -0.39 is 0 Å². The molecule has 0 aliphatic carbocycles. The molecule has 0 spiro atoms. The van der Waals surface area contributed by atoms with Crippen LogP contribution in [0.5, 0.6) is 5.75 Å². The number of piperidine rings is 1. The summed E-state index contributed by atoms with van der Waals surface area (Å²) in [4.78, 5) is 14.9.